The molecule has 0 spiro atoms. The van der Waals surface area contributed by atoms with E-state index in [1.54, 1.807) is 0 Å². The molecule has 152 valence electrons. The number of rotatable bonds is 14. The van der Waals surface area contributed by atoms with Gasteiger partial charge in [0.1, 0.15) is 5.75 Å². The third-order valence-electron chi connectivity index (χ3n) is 4.55. The molecule has 1 rings (SSSR count). The Morgan fingerprint density at radius 3 is 1.93 bits per heavy atom. The topological polar surface area (TPSA) is 52.6 Å². The first-order valence-electron chi connectivity index (χ1n) is 10.5. The second-order valence-electron chi connectivity index (χ2n) is 7.39. The van der Waals surface area contributed by atoms with Crippen LogP contribution in [0.4, 0.5) is 0 Å². The molecule has 0 saturated heterocycles. The summed E-state index contributed by atoms with van der Waals surface area (Å²) in [6.07, 6.45) is 8.93. The predicted octanol–water partition coefficient (Wildman–Crippen LogP) is 6.18. The van der Waals surface area contributed by atoms with Gasteiger partial charge in [-0.3, -0.25) is 9.59 Å². The van der Waals surface area contributed by atoms with Crippen LogP contribution < -0.4 is 4.74 Å². The van der Waals surface area contributed by atoms with E-state index in [-0.39, 0.29) is 11.9 Å². The summed E-state index contributed by atoms with van der Waals surface area (Å²) < 4.78 is 10.5. The van der Waals surface area contributed by atoms with Gasteiger partial charge in [0, 0.05) is 12.8 Å². The monoisotopic (exact) mass is 376 g/mol. The van der Waals surface area contributed by atoms with Crippen LogP contribution in [0.1, 0.15) is 96.5 Å². The summed E-state index contributed by atoms with van der Waals surface area (Å²) in [6.45, 7) is 6.91. The van der Waals surface area contributed by atoms with E-state index in [1.165, 1.54) is 5.56 Å². The van der Waals surface area contributed by atoms with Gasteiger partial charge in [0.05, 0.1) is 6.61 Å². The molecule has 0 fully saturated rings. The Morgan fingerprint density at radius 2 is 1.37 bits per heavy atom. The van der Waals surface area contributed by atoms with Crippen molar-refractivity contribution in [1.82, 2.24) is 0 Å². The van der Waals surface area contributed by atoms with Crippen molar-refractivity contribution in [2.45, 2.75) is 90.9 Å². The summed E-state index contributed by atoms with van der Waals surface area (Å²) in [5, 5.41) is 0. The lowest BCUT2D eigenvalue weighted by atomic mass is 10.0. The van der Waals surface area contributed by atoms with Crippen molar-refractivity contribution in [3.63, 3.8) is 0 Å². The number of hydrogen-bond acceptors (Lipinski definition) is 4. The molecule has 0 saturated carbocycles. The highest BCUT2D eigenvalue weighted by Crippen LogP contribution is 2.19. The summed E-state index contributed by atoms with van der Waals surface area (Å²) in [6, 6.07) is 7.74. The van der Waals surface area contributed by atoms with E-state index < -0.39 is 0 Å². The van der Waals surface area contributed by atoms with Crippen molar-refractivity contribution in [2.75, 3.05) is 6.61 Å². The van der Waals surface area contributed by atoms with Gasteiger partial charge in [-0.05, 0) is 42.9 Å². The van der Waals surface area contributed by atoms with Crippen molar-refractivity contribution in [1.29, 1.82) is 0 Å². The molecule has 1 aromatic carbocycles. The van der Waals surface area contributed by atoms with Crippen LogP contribution in [-0.2, 0) is 14.3 Å². The van der Waals surface area contributed by atoms with Crippen LogP contribution in [0, 0.1) is 0 Å². The maximum atomic E-state index is 11.9. The Balaban J connectivity index is 2.00. The zero-order valence-corrected chi connectivity index (χ0v) is 17.3. The molecular weight excluding hydrogens is 340 g/mol. The molecule has 1 aromatic rings. The van der Waals surface area contributed by atoms with E-state index in [1.807, 2.05) is 24.3 Å². The van der Waals surface area contributed by atoms with Crippen molar-refractivity contribution in [3.8, 4) is 5.75 Å². The number of hydrogen-bond donors (Lipinski definition) is 0. The summed E-state index contributed by atoms with van der Waals surface area (Å²) in [4.78, 5) is 23.3. The molecule has 0 aromatic heterocycles. The molecule has 4 nitrogen and oxygen atoms in total. The van der Waals surface area contributed by atoms with Gasteiger partial charge in [0.2, 0.25) is 0 Å². The van der Waals surface area contributed by atoms with E-state index in [4.69, 9.17) is 9.47 Å². The second kappa shape index (κ2) is 14.2. The first kappa shape index (κ1) is 23.2. The fourth-order valence-electron chi connectivity index (χ4n) is 2.75. The molecule has 4 heteroatoms. The van der Waals surface area contributed by atoms with Crippen LogP contribution in [0.2, 0.25) is 0 Å². The quantitative estimate of drug-likeness (QED) is 0.221. The molecule has 27 heavy (non-hydrogen) atoms. The Morgan fingerprint density at radius 1 is 0.815 bits per heavy atom. The van der Waals surface area contributed by atoms with Gasteiger partial charge in [-0.15, -0.1) is 0 Å². The molecule has 0 unspecified atom stereocenters. The number of benzene rings is 1. The molecule has 0 radical (unpaired) electrons. The normalized spacial score (nSPS) is 10.8. The molecule has 0 N–H and O–H groups in total. The van der Waals surface area contributed by atoms with E-state index in [0.29, 0.717) is 31.1 Å². The number of esters is 2. The fraction of sp³-hybridized carbons (Fsp3) is 0.652. The Labute approximate surface area is 164 Å². The van der Waals surface area contributed by atoms with Crippen LogP contribution >= 0.6 is 0 Å². The largest absolute Gasteiger partial charge is 0.466 e. The number of carbonyl (C=O) groups is 2. The lowest BCUT2D eigenvalue weighted by molar-refractivity contribution is -0.144. The minimum absolute atomic E-state index is 0.0763. The zero-order chi connectivity index (χ0) is 19.9. The van der Waals surface area contributed by atoms with Gasteiger partial charge in [-0.1, -0.05) is 65.0 Å². The zero-order valence-electron chi connectivity index (χ0n) is 17.3. The maximum absolute atomic E-state index is 11.9. The Kier molecular flexibility index (Phi) is 12.2. The summed E-state index contributed by atoms with van der Waals surface area (Å²) in [5.74, 6) is 0.853. The lowest BCUT2D eigenvalue weighted by Gasteiger charge is -2.08. The average molecular weight is 377 g/mol. The highest BCUT2D eigenvalue weighted by atomic mass is 16.5. The fourth-order valence-corrected chi connectivity index (χ4v) is 2.75. The number of ether oxygens (including phenoxy) is 2. The molecule has 0 amide bonds. The van der Waals surface area contributed by atoms with Gasteiger partial charge in [-0.25, -0.2) is 0 Å². The first-order chi connectivity index (χ1) is 13.0. The number of carbonyl (C=O) groups excluding carboxylic acids is 2. The van der Waals surface area contributed by atoms with Crippen molar-refractivity contribution >= 4 is 11.9 Å². The van der Waals surface area contributed by atoms with Gasteiger partial charge in [0.15, 0.2) is 0 Å². The van der Waals surface area contributed by atoms with Crippen molar-refractivity contribution in [2.24, 2.45) is 0 Å². The van der Waals surface area contributed by atoms with Crippen LogP contribution in [0.5, 0.6) is 5.75 Å². The van der Waals surface area contributed by atoms with Crippen LogP contribution in [-0.4, -0.2) is 18.5 Å². The molecule has 0 aliphatic rings. The summed E-state index contributed by atoms with van der Waals surface area (Å²) >= 11 is 0. The van der Waals surface area contributed by atoms with Crippen LogP contribution in [0.25, 0.3) is 0 Å². The molecule has 0 heterocycles. The van der Waals surface area contributed by atoms with Gasteiger partial charge in [0.25, 0.3) is 0 Å². The smallest absolute Gasteiger partial charge is 0.311 e. The standard InChI is InChI=1S/C23H36O4/c1-4-5-18-26-22(24)12-10-8-6-7-9-11-13-23(25)27-21-16-14-20(15-17-21)19(2)3/h14-17,19H,4-13,18H2,1-3H3. The molecule has 0 aliphatic heterocycles. The summed E-state index contributed by atoms with van der Waals surface area (Å²) in [7, 11) is 0. The SMILES string of the molecule is CCCCOC(=O)CCCCCCCCC(=O)Oc1ccc(C(C)C)cc1. The first-order valence-corrected chi connectivity index (χ1v) is 10.5. The molecular formula is C23H36O4. The minimum Gasteiger partial charge on any atom is -0.466 e. The van der Waals surface area contributed by atoms with Crippen molar-refractivity contribution in [3.05, 3.63) is 29.8 Å². The second-order valence-corrected chi connectivity index (χ2v) is 7.39. The van der Waals surface area contributed by atoms with E-state index in [0.717, 1.165) is 51.4 Å². The van der Waals surface area contributed by atoms with Gasteiger partial charge in [-0.2, -0.15) is 0 Å². The minimum atomic E-state index is -0.165. The summed E-state index contributed by atoms with van der Waals surface area (Å²) in [5.41, 5.74) is 1.24. The maximum Gasteiger partial charge on any atom is 0.311 e. The lowest BCUT2D eigenvalue weighted by Crippen LogP contribution is -2.07. The van der Waals surface area contributed by atoms with E-state index in [2.05, 4.69) is 20.8 Å². The Bertz CT molecular complexity index is 534. The third-order valence-corrected chi connectivity index (χ3v) is 4.55. The van der Waals surface area contributed by atoms with Crippen molar-refractivity contribution < 1.29 is 19.1 Å². The molecule has 0 atom stereocenters. The van der Waals surface area contributed by atoms with Gasteiger partial charge >= 0.3 is 11.9 Å². The average Bonchev–Trinajstić information content (AvgIpc) is 2.64. The molecule has 0 bridgehead atoms. The van der Waals surface area contributed by atoms with Crippen LogP contribution in [0.15, 0.2) is 24.3 Å². The van der Waals surface area contributed by atoms with Crippen LogP contribution in [0.3, 0.4) is 0 Å². The number of unbranched alkanes of at least 4 members (excludes halogenated alkanes) is 6. The third kappa shape index (κ3) is 11.5. The molecule has 0 aliphatic carbocycles. The Hall–Kier alpha value is -1.84. The van der Waals surface area contributed by atoms with Gasteiger partial charge < -0.3 is 9.47 Å². The van der Waals surface area contributed by atoms with E-state index >= 15 is 0 Å². The highest BCUT2D eigenvalue weighted by molar-refractivity contribution is 5.72. The predicted molar refractivity (Wildman–Crippen MR) is 109 cm³/mol. The van der Waals surface area contributed by atoms with E-state index in [9.17, 15) is 9.59 Å². The highest BCUT2D eigenvalue weighted by Gasteiger charge is 2.06.